The standard InChI is InChI=1S/C11H21NO2/c1-3-14-11-7-10-6-9(11)8-12(10)4-5-13-2/h9-11H,3-8H2,1-2H3. The van der Waals surface area contributed by atoms with Crippen LogP contribution in [0.25, 0.3) is 0 Å². The van der Waals surface area contributed by atoms with Gasteiger partial charge in [-0.25, -0.2) is 0 Å². The second-order valence-corrected chi connectivity index (χ2v) is 4.37. The van der Waals surface area contributed by atoms with Gasteiger partial charge in [0.1, 0.15) is 0 Å². The van der Waals surface area contributed by atoms with Crippen molar-refractivity contribution in [3.63, 3.8) is 0 Å². The first-order valence-electron chi connectivity index (χ1n) is 5.69. The first kappa shape index (κ1) is 10.4. The first-order valence-corrected chi connectivity index (χ1v) is 5.69. The SMILES string of the molecule is CCOC1CC2CC1CN2CCOC. The Balaban J connectivity index is 1.78. The van der Waals surface area contributed by atoms with Crippen molar-refractivity contribution in [2.24, 2.45) is 5.92 Å². The van der Waals surface area contributed by atoms with Gasteiger partial charge in [-0.2, -0.15) is 0 Å². The summed E-state index contributed by atoms with van der Waals surface area (Å²) in [6.07, 6.45) is 3.13. The van der Waals surface area contributed by atoms with E-state index in [2.05, 4.69) is 11.8 Å². The minimum absolute atomic E-state index is 0.545. The lowest BCUT2D eigenvalue weighted by molar-refractivity contribution is 0.00220. The molecule has 2 bridgehead atoms. The maximum atomic E-state index is 5.73. The molecule has 0 spiro atoms. The van der Waals surface area contributed by atoms with Crippen molar-refractivity contribution in [1.82, 2.24) is 4.90 Å². The normalized spacial score (nSPS) is 36.9. The summed E-state index contributed by atoms with van der Waals surface area (Å²) in [5.74, 6) is 0.789. The van der Waals surface area contributed by atoms with Crippen molar-refractivity contribution in [3.05, 3.63) is 0 Å². The van der Waals surface area contributed by atoms with Gasteiger partial charge in [-0.15, -0.1) is 0 Å². The van der Waals surface area contributed by atoms with E-state index in [-0.39, 0.29) is 0 Å². The van der Waals surface area contributed by atoms with Crippen molar-refractivity contribution in [2.45, 2.75) is 31.9 Å². The molecule has 1 saturated carbocycles. The van der Waals surface area contributed by atoms with E-state index < -0.39 is 0 Å². The number of piperidine rings is 1. The highest BCUT2D eigenvalue weighted by Gasteiger charge is 2.44. The molecule has 0 radical (unpaired) electrons. The molecule has 1 saturated heterocycles. The minimum Gasteiger partial charge on any atom is -0.383 e. The van der Waals surface area contributed by atoms with E-state index in [4.69, 9.17) is 9.47 Å². The minimum atomic E-state index is 0.545. The molecule has 0 amide bonds. The van der Waals surface area contributed by atoms with Crippen LogP contribution in [0.1, 0.15) is 19.8 Å². The van der Waals surface area contributed by atoms with Crippen LogP contribution >= 0.6 is 0 Å². The number of ether oxygens (including phenoxy) is 2. The Kier molecular flexibility index (Phi) is 3.42. The Morgan fingerprint density at radius 1 is 1.36 bits per heavy atom. The monoisotopic (exact) mass is 199 g/mol. The highest BCUT2D eigenvalue weighted by Crippen LogP contribution is 2.39. The zero-order chi connectivity index (χ0) is 9.97. The molecule has 0 aromatic rings. The van der Waals surface area contributed by atoms with Gasteiger partial charge in [-0.3, -0.25) is 4.90 Å². The van der Waals surface area contributed by atoms with Crippen molar-refractivity contribution in [1.29, 1.82) is 0 Å². The van der Waals surface area contributed by atoms with Crippen molar-refractivity contribution in [2.75, 3.05) is 33.4 Å². The van der Waals surface area contributed by atoms with E-state index in [0.717, 1.165) is 31.7 Å². The Bertz CT molecular complexity index is 186. The number of nitrogens with zero attached hydrogens (tertiary/aromatic N) is 1. The summed E-state index contributed by atoms with van der Waals surface area (Å²) in [5.41, 5.74) is 0. The maximum Gasteiger partial charge on any atom is 0.0630 e. The quantitative estimate of drug-likeness (QED) is 0.662. The highest BCUT2D eigenvalue weighted by atomic mass is 16.5. The lowest BCUT2D eigenvalue weighted by atomic mass is 10.1. The van der Waals surface area contributed by atoms with Crippen LogP contribution in [0.4, 0.5) is 0 Å². The molecule has 1 heterocycles. The fraction of sp³-hybridized carbons (Fsp3) is 1.00. The fourth-order valence-corrected chi connectivity index (χ4v) is 2.90. The van der Waals surface area contributed by atoms with E-state index in [1.54, 1.807) is 7.11 Å². The van der Waals surface area contributed by atoms with Gasteiger partial charge < -0.3 is 9.47 Å². The third-order valence-electron chi connectivity index (χ3n) is 3.55. The smallest absolute Gasteiger partial charge is 0.0630 e. The Hall–Kier alpha value is -0.120. The van der Waals surface area contributed by atoms with Crippen molar-refractivity contribution in [3.8, 4) is 0 Å². The van der Waals surface area contributed by atoms with E-state index in [1.807, 2.05) is 0 Å². The molecule has 2 fully saturated rings. The number of methoxy groups -OCH3 is 1. The van der Waals surface area contributed by atoms with Crippen molar-refractivity contribution < 1.29 is 9.47 Å². The van der Waals surface area contributed by atoms with Gasteiger partial charge >= 0.3 is 0 Å². The molecule has 2 rings (SSSR count). The number of hydrogen-bond acceptors (Lipinski definition) is 3. The molecule has 1 aliphatic carbocycles. The molecule has 3 unspecified atom stereocenters. The average molecular weight is 199 g/mol. The topological polar surface area (TPSA) is 21.7 Å². The van der Waals surface area contributed by atoms with Crippen LogP contribution < -0.4 is 0 Å². The Morgan fingerprint density at radius 2 is 2.21 bits per heavy atom. The molecule has 0 aromatic carbocycles. The van der Waals surface area contributed by atoms with Gasteiger partial charge in [-0.1, -0.05) is 0 Å². The third-order valence-corrected chi connectivity index (χ3v) is 3.55. The first-order chi connectivity index (χ1) is 6.85. The number of rotatable bonds is 5. The summed E-state index contributed by atoms with van der Waals surface area (Å²) in [6, 6.07) is 0.770. The molecule has 1 aliphatic heterocycles. The van der Waals surface area contributed by atoms with Crippen LogP contribution in [0.5, 0.6) is 0 Å². The maximum absolute atomic E-state index is 5.73. The molecule has 0 aromatic heterocycles. The third kappa shape index (κ3) is 1.95. The lowest BCUT2D eigenvalue weighted by Gasteiger charge is -2.30. The van der Waals surface area contributed by atoms with Crippen LogP contribution in [0.2, 0.25) is 0 Å². The Labute approximate surface area is 86.4 Å². The predicted octanol–water partition coefficient (Wildman–Crippen LogP) is 1.13. The zero-order valence-corrected chi connectivity index (χ0v) is 9.24. The molecule has 3 atom stereocenters. The van der Waals surface area contributed by atoms with Crippen LogP contribution in [0, 0.1) is 5.92 Å². The second kappa shape index (κ2) is 4.60. The Morgan fingerprint density at radius 3 is 2.79 bits per heavy atom. The molecule has 0 N–H and O–H groups in total. The number of hydrogen-bond donors (Lipinski definition) is 0. The number of fused-ring (bicyclic) bond motifs is 2. The molecule has 3 heteroatoms. The van der Waals surface area contributed by atoms with Gasteiger partial charge in [-0.05, 0) is 25.7 Å². The van der Waals surface area contributed by atoms with E-state index >= 15 is 0 Å². The second-order valence-electron chi connectivity index (χ2n) is 4.37. The molecular formula is C11H21NO2. The van der Waals surface area contributed by atoms with Crippen LogP contribution in [0.15, 0.2) is 0 Å². The highest BCUT2D eigenvalue weighted by molar-refractivity contribution is 4.98. The van der Waals surface area contributed by atoms with Crippen LogP contribution in [0.3, 0.4) is 0 Å². The van der Waals surface area contributed by atoms with Crippen LogP contribution in [-0.2, 0) is 9.47 Å². The van der Waals surface area contributed by atoms with Gasteiger partial charge in [0.05, 0.1) is 12.7 Å². The number of likely N-dealkylation sites (tertiary alicyclic amines) is 1. The van der Waals surface area contributed by atoms with Gasteiger partial charge in [0.25, 0.3) is 0 Å². The van der Waals surface area contributed by atoms with Crippen LogP contribution in [-0.4, -0.2) is 50.5 Å². The summed E-state index contributed by atoms with van der Waals surface area (Å²) in [7, 11) is 1.78. The summed E-state index contributed by atoms with van der Waals surface area (Å²) >= 11 is 0. The molecule has 82 valence electrons. The van der Waals surface area contributed by atoms with Gasteiger partial charge in [0.2, 0.25) is 0 Å². The van der Waals surface area contributed by atoms with E-state index in [1.165, 1.54) is 19.4 Å². The average Bonchev–Trinajstić information content (AvgIpc) is 2.74. The van der Waals surface area contributed by atoms with Crippen molar-refractivity contribution >= 4 is 0 Å². The fourth-order valence-electron chi connectivity index (χ4n) is 2.90. The molecular weight excluding hydrogens is 178 g/mol. The summed E-state index contributed by atoms with van der Waals surface area (Å²) in [6.45, 7) is 6.14. The molecule has 3 nitrogen and oxygen atoms in total. The van der Waals surface area contributed by atoms with Gasteiger partial charge in [0.15, 0.2) is 0 Å². The van der Waals surface area contributed by atoms with E-state index in [0.29, 0.717) is 6.10 Å². The summed E-state index contributed by atoms with van der Waals surface area (Å²) < 4.78 is 10.8. The van der Waals surface area contributed by atoms with Gasteiger partial charge in [0, 0.05) is 32.8 Å². The summed E-state index contributed by atoms with van der Waals surface area (Å²) in [5, 5.41) is 0. The summed E-state index contributed by atoms with van der Waals surface area (Å²) in [4.78, 5) is 2.56. The molecule has 14 heavy (non-hydrogen) atoms. The molecule has 2 aliphatic rings. The largest absolute Gasteiger partial charge is 0.383 e. The lowest BCUT2D eigenvalue weighted by Crippen LogP contribution is -2.40. The predicted molar refractivity (Wildman–Crippen MR) is 55.4 cm³/mol. The zero-order valence-electron chi connectivity index (χ0n) is 9.24. The van der Waals surface area contributed by atoms with E-state index in [9.17, 15) is 0 Å².